The average Bonchev–Trinajstić information content (AvgIpc) is 2.34. The third-order valence-corrected chi connectivity index (χ3v) is 2.26. The van der Waals surface area contributed by atoms with Gasteiger partial charge in [0.25, 0.3) is 0 Å². The van der Waals surface area contributed by atoms with Crippen molar-refractivity contribution in [3.05, 3.63) is 29.3 Å². The summed E-state index contributed by atoms with van der Waals surface area (Å²) in [4.78, 5) is 11.2. The van der Waals surface area contributed by atoms with E-state index in [-0.39, 0.29) is 6.03 Å². The molecule has 5 heteroatoms. The normalized spacial score (nSPS) is 9.76. The van der Waals surface area contributed by atoms with Crippen molar-refractivity contribution in [1.29, 1.82) is 0 Å². The van der Waals surface area contributed by atoms with Crippen molar-refractivity contribution >= 4 is 17.6 Å². The Labute approximate surface area is 106 Å². The summed E-state index contributed by atoms with van der Waals surface area (Å²) in [5.41, 5.74) is 0. The summed E-state index contributed by atoms with van der Waals surface area (Å²) in [5, 5.41) is 6.09. The largest absolute Gasteiger partial charge is 0.492 e. The van der Waals surface area contributed by atoms with E-state index in [1.165, 1.54) is 0 Å². The summed E-state index contributed by atoms with van der Waals surface area (Å²) in [6.07, 6.45) is 0.925. The molecule has 0 aliphatic rings. The summed E-state index contributed by atoms with van der Waals surface area (Å²) in [6, 6.07) is 6.95. The molecule has 0 fully saturated rings. The van der Waals surface area contributed by atoms with Crippen molar-refractivity contribution in [2.45, 2.75) is 13.3 Å². The van der Waals surface area contributed by atoms with Gasteiger partial charge in [-0.1, -0.05) is 18.5 Å². The van der Waals surface area contributed by atoms with Crippen molar-refractivity contribution in [2.75, 3.05) is 19.7 Å². The molecule has 0 spiro atoms. The van der Waals surface area contributed by atoms with E-state index in [9.17, 15) is 4.79 Å². The predicted octanol–water partition coefficient (Wildman–Crippen LogP) is 2.43. The van der Waals surface area contributed by atoms with Crippen LogP contribution < -0.4 is 15.4 Å². The summed E-state index contributed by atoms with van der Waals surface area (Å²) < 4.78 is 5.41. The Balaban J connectivity index is 2.11. The van der Waals surface area contributed by atoms with Gasteiger partial charge < -0.3 is 15.4 Å². The fraction of sp³-hybridized carbons (Fsp3) is 0.417. The number of urea groups is 1. The molecule has 0 saturated heterocycles. The van der Waals surface area contributed by atoms with E-state index >= 15 is 0 Å². The van der Waals surface area contributed by atoms with Gasteiger partial charge in [0.2, 0.25) is 0 Å². The van der Waals surface area contributed by atoms with E-state index in [0.717, 1.165) is 12.2 Å². The number of benzene rings is 1. The third kappa shape index (κ3) is 6.02. The van der Waals surface area contributed by atoms with Crippen LogP contribution >= 0.6 is 11.6 Å². The average molecular weight is 257 g/mol. The number of halogens is 1. The lowest BCUT2D eigenvalue weighted by atomic mass is 10.3. The highest BCUT2D eigenvalue weighted by Crippen LogP contribution is 2.14. The number of hydrogen-bond donors (Lipinski definition) is 2. The zero-order valence-corrected chi connectivity index (χ0v) is 10.6. The fourth-order valence-electron chi connectivity index (χ4n) is 1.17. The maximum Gasteiger partial charge on any atom is 0.314 e. The number of hydrogen-bond acceptors (Lipinski definition) is 2. The molecule has 0 radical (unpaired) electrons. The van der Waals surface area contributed by atoms with Gasteiger partial charge in [-0.2, -0.15) is 0 Å². The van der Waals surface area contributed by atoms with Crippen molar-refractivity contribution in [3.8, 4) is 5.75 Å². The van der Waals surface area contributed by atoms with Crippen LogP contribution in [0.15, 0.2) is 24.3 Å². The van der Waals surface area contributed by atoms with Gasteiger partial charge >= 0.3 is 6.03 Å². The van der Waals surface area contributed by atoms with Crippen molar-refractivity contribution in [3.63, 3.8) is 0 Å². The molecule has 4 nitrogen and oxygen atoms in total. The van der Waals surface area contributed by atoms with Crippen molar-refractivity contribution < 1.29 is 9.53 Å². The molecule has 0 unspecified atom stereocenters. The van der Waals surface area contributed by atoms with Crippen LogP contribution in [0.3, 0.4) is 0 Å². The highest BCUT2D eigenvalue weighted by molar-refractivity contribution is 6.30. The molecule has 94 valence electrons. The van der Waals surface area contributed by atoms with Gasteiger partial charge in [-0.15, -0.1) is 0 Å². The van der Waals surface area contributed by atoms with E-state index < -0.39 is 0 Å². The smallest absolute Gasteiger partial charge is 0.314 e. The Morgan fingerprint density at radius 3 is 2.53 bits per heavy atom. The highest BCUT2D eigenvalue weighted by atomic mass is 35.5. The Morgan fingerprint density at radius 2 is 1.88 bits per heavy atom. The molecule has 0 aliphatic heterocycles. The van der Waals surface area contributed by atoms with E-state index in [4.69, 9.17) is 16.3 Å². The fourth-order valence-corrected chi connectivity index (χ4v) is 1.29. The minimum atomic E-state index is -0.161. The molecule has 0 bridgehead atoms. The minimum absolute atomic E-state index is 0.161. The number of nitrogens with one attached hydrogen (secondary N) is 2. The Kier molecular flexibility index (Phi) is 6.25. The summed E-state index contributed by atoms with van der Waals surface area (Å²) in [5.74, 6) is 0.741. The molecule has 1 aromatic carbocycles. The second-order valence-corrected chi connectivity index (χ2v) is 3.92. The van der Waals surface area contributed by atoms with E-state index in [0.29, 0.717) is 24.7 Å². The monoisotopic (exact) mass is 256 g/mol. The maximum absolute atomic E-state index is 11.2. The molecular formula is C12H17ClN2O2. The van der Waals surface area contributed by atoms with Crippen LogP contribution in [-0.4, -0.2) is 25.7 Å². The Morgan fingerprint density at radius 1 is 1.24 bits per heavy atom. The lowest BCUT2D eigenvalue weighted by Crippen LogP contribution is -2.37. The lowest BCUT2D eigenvalue weighted by Gasteiger charge is -2.08. The number of carbonyl (C=O) groups is 1. The van der Waals surface area contributed by atoms with Gasteiger partial charge in [-0.05, 0) is 30.7 Å². The van der Waals surface area contributed by atoms with Crippen LogP contribution in [0.2, 0.25) is 5.02 Å². The summed E-state index contributed by atoms with van der Waals surface area (Å²) in [7, 11) is 0. The van der Waals surface area contributed by atoms with E-state index in [2.05, 4.69) is 10.6 Å². The van der Waals surface area contributed by atoms with Crippen LogP contribution in [0.4, 0.5) is 4.79 Å². The SMILES string of the molecule is CCCNC(=O)NCCOc1ccc(Cl)cc1. The van der Waals surface area contributed by atoms with Crippen LogP contribution in [0.1, 0.15) is 13.3 Å². The molecule has 0 saturated carbocycles. The predicted molar refractivity (Wildman–Crippen MR) is 68.6 cm³/mol. The molecule has 2 amide bonds. The molecule has 1 aromatic rings. The molecule has 0 aromatic heterocycles. The second kappa shape index (κ2) is 7.79. The summed E-state index contributed by atoms with van der Waals surface area (Å²) in [6.45, 7) is 3.59. The van der Waals surface area contributed by atoms with Gasteiger partial charge in [0.05, 0.1) is 6.54 Å². The van der Waals surface area contributed by atoms with Gasteiger partial charge in [0.15, 0.2) is 0 Å². The second-order valence-electron chi connectivity index (χ2n) is 3.49. The highest BCUT2D eigenvalue weighted by Gasteiger charge is 1.98. The number of rotatable bonds is 6. The molecule has 0 aliphatic carbocycles. The van der Waals surface area contributed by atoms with Crippen LogP contribution in [0.5, 0.6) is 5.75 Å². The Hall–Kier alpha value is -1.42. The van der Waals surface area contributed by atoms with Crippen LogP contribution in [-0.2, 0) is 0 Å². The third-order valence-electron chi connectivity index (χ3n) is 2.01. The van der Waals surface area contributed by atoms with Crippen LogP contribution in [0.25, 0.3) is 0 Å². The van der Waals surface area contributed by atoms with E-state index in [1.807, 2.05) is 6.92 Å². The van der Waals surface area contributed by atoms with Gasteiger partial charge in [-0.3, -0.25) is 0 Å². The van der Waals surface area contributed by atoms with Crippen molar-refractivity contribution in [2.24, 2.45) is 0 Å². The zero-order chi connectivity index (χ0) is 12.5. The molecular weight excluding hydrogens is 240 g/mol. The van der Waals surface area contributed by atoms with Crippen molar-refractivity contribution in [1.82, 2.24) is 10.6 Å². The molecule has 0 atom stereocenters. The van der Waals surface area contributed by atoms with Gasteiger partial charge in [0.1, 0.15) is 12.4 Å². The molecule has 1 rings (SSSR count). The molecule has 2 N–H and O–H groups in total. The summed E-state index contributed by atoms with van der Waals surface area (Å²) >= 11 is 5.74. The molecule has 17 heavy (non-hydrogen) atoms. The Bertz CT molecular complexity index is 341. The van der Waals surface area contributed by atoms with Gasteiger partial charge in [0, 0.05) is 11.6 Å². The lowest BCUT2D eigenvalue weighted by molar-refractivity contribution is 0.236. The minimum Gasteiger partial charge on any atom is -0.492 e. The standard InChI is InChI=1S/C12H17ClN2O2/c1-2-7-14-12(16)15-8-9-17-11-5-3-10(13)4-6-11/h3-6H,2,7-9H2,1H3,(H2,14,15,16). The number of amides is 2. The molecule has 0 heterocycles. The van der Waals surface area contributed by atoms with Crippen LogP contribution in [0, 0.1) is 0 Å². The number of ether oxygens (including phenoxy) is 1. The first-order chi connectivity index (χ1) is 8.22. The van der Waals surface area contributed by atoms with E-state index in [1.54, 1.807) is 24.3 Å². The first-order valence-electron chi connectivity index (χ1n) is 5.62. The number of carbonyl (C=O) groups excluding carboxylic acids is 1. The van der Waals surface area contributed by atoms with Gasteiger partial charge in [-0.25, -0.2) is 4.79 Å². The first-order valence-corrected chi connectivity index (χ1v) is 6.00. The quantitative estimate of drug-likeness (QED) is 0.768. The first kappa shape index (κ1) is 13.6. The maximum atomic E-state index is 11.2. The topological polar surface area (TPSA) is 50.4 Å². The zero-order valence-electron chi connectivity index (χ0n) is 9.83.